The Hall–Kier alpha value is -0.990. The zero-order valence-electron chi connectivity index (χ0n) is 10.5. The third kappa shape index (κ3) is 1.83. The van der Waals surface area contributed by atoms with E-state index < -0.39 is 0 Å². The first-order valence-electron chi connectivity index (χ1n) is 6.30. The summed E-state index contributed by atoms with van der Waals surface area (Å²) in [6.07, 6.45) is 5.83. The Kier molecular flexibility index (Phi) is 2.96. The number of nitrogen functional groups attached to an aromatic ring is 1. The molecule has 0 bridgehead atoms. The molecule has 1 heterocycles. The van der Waals surface area contributed by atoms with Crippen LogP contribution in [0.3, 0.4) is 0 Å². The molecule has 16 heavy (non-hydrogen) atoms. The fourth-order valence-corrected chi connectivity index (χ4v) is 2.92. The molecule has 0 aromatic carbocycles. The molecule has 3 nitrogen and oxygen atoms in total. The molecule has 1 aliphatic carbocycles. The predicted molar refractivity (Wildman–Crippen MR) is 65.3 cm³/mol. The Morgan fingerprint density at radius 2 is 2.25 bits per heavy atom. The Morgan fingerprint density at radius 1 is 1.50 bits per heavy atom. The van der Waals surface area contributed by atoms with Gasteiger partial charge in [-0.25, -0.2) is 0 Å². The van der Waals surface area contributed by atoms with Crippen LogP contribution in [0, 0.1) is 5.41 Å². The molecular formula is C13H22N2O. The summed E-state index contributed by atoms with van der Waals surface area (Å²) in [6.45, 7) is 6.80. The largest absolute Gasteiger partial charge is 0.381 e. The molecule has 0 aliphatic heterocycles. The molecule has 0 amide bonds. The van der Waals surface area contributed by atoms with Crippen LogP contribution in [0.15, 0.2) is 4.52 Å². The Balaban J connectivity index is 2.33. The number of rotatable bonds is 3. The van der Waals surface area contributed by atoms with E-state index in [0.717, 1.165) is 24.2 Å². The van der Waals surface area contributed by atoms with E-state index in [9.17, 15) is 0 Å². The minimum Gasteiger partial charge on any atom is -0.381 e. The second-order valence-electron chi connectivity index (χ2n) is 5.59. The van der Waals surface area contributed by atoms with Crippen LogP contribution in [0.25, 0.3) is 0 Å². The zero-order valence-corrected chi connectivity index (χ0v) is 10.5. The van der Waals surface area contributed by atoms with Crippen molar-refractivity contribution in [1.82, 2.24) is 5.16 Å². The van der Waals surface area contributed by atoms with Crippen LogP contribution in [0.5, 0.6) is 0 Å². The number of aromatic nitrogens is 1. The van der Waals surface area contributed by atoms with Crippen molar-refractivity contribution in [2.24, 2.45) is 5.41 Å². The fourth-order valence-electron chi connectivity index (χ4n) is 2.92. The van der Waals surface area contributed by atoms with Crippen molar-refractivity contribution >= 4 is 5.82 Å². The highest BCUT2D eigenvalue weighted by Gasteiger charge is 2.39. The van der Waals surface area contributed by atoms with Gasteiger partial charge >= 0.3 is 0 Å². The molecule has 1 aromatic heterocycles. The smallest absolute Gasteiger partial charge is 0.170 e. The minimum atomic E-state index is 0.328. The normalized spacial score (nSPS) is 23.8. The standard InChI is InChI=1S/C13H22N2O/c1-4-6-9-11(16-15-12(9)14)10-7-5-8-13(10,2)3/h10H,4-8H2,1-3H3,(H2,14,15). The highest BCUT2D eigenvalue weighted by molar-refractivity contribution is 5.42. The Labute approximate surface area is 97.4 Å². The quantitative estimate of drug-likeness (QED) is 0.851. The average Bonchev–Trinajstić information content (AvgIpc) is 2.72. The monoisotopic (exact) mass is 222 g/mol. The van der Waals surface area contributed by atoms with Gasteiger partial charge in [0.15, 0.2) is 5.82 Å². The van der Waals surface area contributed by atoms with Crippen molar-refractivity contribution in [3.05, 3.63) is 11.3 Å². The van der Waals surface area contributed by atoms with Crippen LogP contribution in [-0.2, 0) is 6.42 Å². The molecule has 1 unspecified atom stereocenters. The lowest BCUT2D eigenvalue weighted by Gasteiger charge is -2.25. The van der Waals surface area contributed by atoms with Crippen LogP contribution < -0.4 is 5.73 Å². The van der Waals surface area contributed by atoms with Gasteiger partial charge in [-0.15, -0.1) is 0 Å². The van der Waals surface area contributed by atoms with Gasteiger partial charge in [0.25, 0.3) is 0 Å². The summed E-state index contributed by atoms with van der Waals surface area (Å²) in [5.74, 6) is 2.15. The van der Waals surface area contributed by atoms with Gasteiger partial charge in [-0.3, -0.25) is 0 Å². The molecule has 1 aliphatic rings. The van der Waals surface area contributed by atoms with E-state index in [1.54, 1.807) is 0 Å². The van der Waals surface area contributed by atoms with Gasteiger partial charge in [-0.05, 0) is 24.7 Å². The van der Waals surface area contributed by atoms with Gasteiger partial charge in [0.05, 0.1) is 0 Å². The molecule has 1 fully saturated rings. The predicted octanol–water partition coefficient (Wildman–Crippen LogP) is 3.50. The first-order valence-corrected chi connectivity index (χ1v) is 6.30. The molecule has 2 rings (SSSR count). The highest BCUT2D eigenvalue weighted by atomic mass is 16.5. The van der Waals surface area contributed by atoms with Gasteiger partial charge in [-0.2, -0.15) is 0 Å². The van der Waals surface area contributed by atoms with E-state index in [0.29, 0.717) is 17.2 Å². The lowest BCUT2D eigenvalue weighted by Crippen LogP contribution is -2.16. The summed E-state index contributed by atoms with van der Waals surface area (Å²) >= 11 is 0. The van der Waals surface area contributed by atoms with Gasteiger partial charge in [0.2, 0.25) is 0 Å². The summed E-state index contributed by atoms with van der Waals surface area (Å²) in [7, 11) is 0. The molecule has 0 saturated heterocycles. The van der Waals surface area contributed by atoms with E-state index in [2.05, 4.69) is 25.9 Å². The Morgan fingerprint density at radius 3 is 2.81 bits per heavy atom. The average molecular weight is 222 g/mol. The highest BCUT2D eigenvalue weighted by Crippen LogP contribution is 2.50. The van der Waals surface area contributed by atoms with Crippen LogP contribution in [-0.4, -0.2) is 5.16 Å². The summed E-state index contributed by atoms with van der Waals surface area (Å²) < 4.78 is 5.49. The first-order chi connectivity index (χ1) is 7.56. The van der Waals surface area contributed by atoms with E-state index in [4.69, 9.17) is 10.3 Å². The van der Waals surface area contributed by atoms with E-state index in [-0.39, 0.29) is 0 Å². The molecule has 3 heteroatoms. The molecule has 2 N–H and O–H groups in total. The molecule has 1 aromatic rings. The van der Waals surface area contributed by atoms with E-state index in [1.807, 2.05) is 0 Å². The Bertz CT molecular complexity index is 368. The van der Waals surface area contributed by atoms with Crippen LogP contribution in [0.1, 0.15) is 63.7 Å². The van der Waals surface area contributed by atoms with Crippen molar-refractivity contribution in [2.75, 3.05) is 5.73 Å². The van der Waals surface area contributed by atoms with Crippen molar-refractivity contribution in [2.45, 2.75) is 58.8 Å². The van der Waals surface area contributed by atoms with Gasteiger partial charge in [-0.1, -0.05) is 38.8 Å². The fraction of sp³-hybridized carbons (Fsp3) is 0.769. The maximum Gasteiger partial charge on any atom is 0.170 e. The van der Waals surface area contributed by atoms with Gasteiger partial charge < -0.3 is 10.3 Å². The summed E-state index contributed by atoms with van der Waals surface area (Å²) in [5.41, 5.74) is 7.36. The molecule has 0 spiro atoms. The van der Waals surface area contributed by atoms with E-state index >= 15 is 0 Å². The summed E-state index contributed by atoms with van der Waals surface area (Å²) in [4.78, 5) is 0. The molecule has 1 atom stereocenters. The molecule has 0 radical (unpaired) electrons. The number of nitrogens with zero attached hydrogens (tertiary/aromatic N) is 1. The lowest BCUT2D eigenvalue weighted by molar-refractivity contribution is 0.266. The van der Waals surface area contributed by atoms with Crippen molar-refractivity contribution in [3.8, 4) is 0 Å². The van der Waals surface area contributed by atoms with Crippen LogP contribution >= 0.6 is 0 Å². The van der Waals surface area contributed by atoms with Crippen molar-refractivity contribution in [3.63, 3.8) is 0 Å². The van der Waals surface area contributed by atoms with Gasteiger partial charge in [0.1, 0.15) is 5.76 Å². The summed E-state index contributed by atoms with van der Waals surface area (Å²) in [5, 5.41) is 3.95. The topological polar surface area (TPSA) is 52.0 Å². The van der Waals surface area contributed by atoms with E-state index in [1.165, 1.54) is 19.3 Å². The number of hydrogen-bond acceptors (Lipinski definition) is 3. The first kappa shape index (κ1) is 11.5. The van der Waals surface area contributed by atoms with Crippen molar-refractivity contribution < 1.29 is 4.52 Å². The zero-order chi connectivity index (χ0) is 11.8. The maximum atomic E-state index is 5.88. The number of hydrogen-bond donors (Lipinski definition) is 1. The molecular weight excluding hydrogens is 200 g/mol. The molecule has 1 saturated carbocycles. The number of nitrogens with two attached hydrogens (primary N) is 1. The lowest BCUT2D eigenvalue weighted by atomic mass is 9.79. The van der Waals surface area contributed by atoms with Crippen LogP contribution in [0.4, 0.5) is 5.82 Å². The maximum absolute atomic E-state index is 5.88. The SMILES string of the molecule is CCCc1c(N)noc1C1CCCC1(C)C. The van der Waals surface area contributed by atoms with Crippen LogP contribution in [0.2, 0.25) is 0 Å². The minimum absolute atomic E-state index is 0.328. The molecule has 90 valence electrons. The third-order valence-corrected chi connectivity index (χ3v) is 3.92. The second kappa shape index (κ2) is 4.11. The number of anilines is 1. The van der Waals surface area contributed by atoms with Crippen molar-refractivity contribution in [1.29, 1.82) is 0 Å². The van der Waals surface area contributed by atoms with Gasteiger partial charge in [0, 0.05) is 11.5 Å². The summed E-state index contributed by atoms with van der Waals surface area (Å²) in [6, 6.07) is 0. The second-order valence-corrected chi connectivity index (χ2v) is 5.59. The third-order valence-electron chi connectivity index (χ3n) is 3.92.